The fraction of sp³-hybridized carbons (Fsp3) is 0.938. The summed E-state index contributed by atoms with van der Waals surface area (Å²) in [6, 6.07) is -0.0787. The lowest BCUT2D eigenvalue weighted by Crippen LogP contribution is -2.42. The third kappa shape index (κ3) is 3.50. The Morgan fingerprint density at radius 3 is 2.53 bits per heavy atom. The van der Waals surface area contributed by atoms with Crippen LogP contribution < -0.4 is 5.32 Å². The van der Waals surface area contributed by atoms with Gasteiger partial charge in [0.05, 0.1) is 0 Å². The number of carbonyl (C=O) groups excluding carboxylic acids is 1. The summed E-state index contributed by atoms with van der Waals surface area (Å²) < 4.78 is 5.89. The van der Waals surface area contributed by atoms with Crippen molar-refractivity contribution in [3.05, 3.63) is 0 Å². The van der Waals surface area contributed by atoms with E-state index in [0.29, 0.717) is 23.7 Å². The summed E-state index contributed by atoms with van der Waals surface area (Å²) in [6.07, 6.45) is 4.72. The highest BCUT2D eigenvalue weighted by molar-refractivity contribution is 5.76. The lowest BCUT2D eigenvalue weighted by Gasteiger charge is -2.37. The van der Waals surface area contributed by atoms with Crippen LogP contribution in [0.2, 0.25) is 0 Å². The fourth-order valence-corrected chi connectivity index (χ4v) is 3.62. The van der Waals surface area contributed by atoms with Crippen LogP contribution in [0.15, 0.2) is 0 Å². The summed E-state index contributed by atoms with van der Waals surface area (Å²) in [7, 11) is 0. The van der Waals surface area contributed by atoms with Crippen molar-refractivity contribution < 1.29 is 9.53 Å². The van der Waals surface area contributed by atoms with Crippen LogP contribution in [0.1, 0.15) is 53.4 Å². The van der Waals surface area contributed by atoms with E-state index < -0.39 is 0 Å². The maximum absolute atomic E-state index is 12.3. The minimum Gasteiger partial charge on any atom is -0.461 e. The number of esters is 1. The van der Waals surface area contributed by atoms with Gasteiger partial charge >= 0.3 is 5.97 Å². The van der Waals surface area contributed by atoms with Crippen molar-refractivity contribution in [3.63, 3.8) is 0 Å². The zero-order valence-electron chi connectivity index (χ0n) is 12.8. The van der Waals surface area contributed by atoms with Crippen molar-refractivity contribution in [3.8, 4) is 0 Å². The molecule has 3 nitrogen and oxygen atoms in total. The van der Waals surface area contributed by atoms with Crippen LogP contribution in [0, 0.1) is 23.7 Å². The van der Waals surface area contributed by atoms with Crippen LogP contribution in [0.5, 0.6) is 0 Å². The van der Waals surface area contributed by atoms with Crippen LogP contribution in [-0.4, -0.2) is 24.7 Å². The Balaban J connectivity index is 1.96. The second kappa shape index (κ2) is 6.25. The Hall–Kier alpha value is -0.570. The third-order valence-corrected chi connectivity index (χ3v) is 5.02. The monoisotopic (exact) mass is 267 g/mol. The summed E-state index contributed by atoms with van der Waals surface area (Å²) in [5, 5.41) is 3.28. The van der Waals surface area contributed by atoms with Crippen molar-refractivity contribution in [2.24, 2.45) is 23.7 Å². The molecule has 1 aliphatic carbocycles. The van der Waals surface area contributed by atoms with Crippen LogP contribution in [-0.2, 0) is 9.53 Å². The summed E-state index contributed by atoms with van der Waals surface area (Å²) in [6.45, 7) is 9.84. The molecule has 2 fully saturated rings. The van der Waals surface area contributed by atoms with Gasteiger partial charge < -0.3 is 10.1 Å². The molecule has 0 aromatic heterocycles. The van der Waals surface area contributed by atoms with E-state index in [1.54, 1.807) is 0 Å². The molecule has 5 unspecified atom stereocenters. The molecule has 2 aliphatic rings. The molecule has 0 aromatic carbocycles. The second-order valence-corrected chi connectivity index (χ2v) is 7.00. The van der Waals surface area contributed by atoms with Crippen LogP contribution in [0.25, 0.3) is 0 Å². The molecule has 19 heavy (non-hydrogen) atoms. The van der Waals surface area contributed by atoms with Gasteiger partial charge in [-0.2, -0.15) is 0 Å². The fourth-order valence-electron chi connectivity index (χ4n) is 3.62. The highest BCUT2D eigenvalue weighted by atomic mass is 16.5. The first-order valence-corrected chi connectivity index (χ1v) is 7.93. The molecule has 1 saturated heterocycles. The van der Waals surface area contributed by atoms with Crippen molar-refractivity contribution in [2.75, 3.05) is 6.54 Å². The van der Waals surface area contributed by atoms with Gasteiger partial charge in [0, 0.05) is 0 Å². The molecule has 1 N–H and O–H groups in total. The van der Waals surface area contributed by atoms with Gasteiger partial charge in [0.15, 0.2) is 0 Å². The van der Waals surface area contributed by atoms with E-state index in [4.69, 9.17) is 4.74 Å². The number of nitrogens with one attached hydrogen (secondary N) is 1. The molecule has 2 rings (SSSR count). The van der Waals surface area contributed by atoms with Crippen molar-refractivity contribution in [1.82, 2.24) is 5.32 Å². The van der Waals surface area contributed by atoms with E-state index in [9.17, 15) is 4.79 Å². The summed E-state index contributed by atoms with van der Waals surface area (Å²) >= 11 is 0. The molecule has 5 atom stereocenters. The average molecular weight is 267 g/mol. The number of ether oxygens (including phenoxy) is 1. The summed E-state index contributed by atoms with van der Waals surface area (Å²) in [5.41, 5.74) is 0. The zero-order valence-corrected chi connectivity index (χ0v) is 12.8. The highest BCUT2D eigenvalue weighted by Gasteiger charge is 2.37. The minimum atomic E-state index is -0.0787. The Bertz CT molecular complexity index is 316. The second-order valence-electron chi connectivity index (χ2n) is 7.00. The van der Waals surface area contributed by atoms with Crippen molar-refractivity contribution >= 4 is 5.97 Å². The smallest absolute Gasteiger partial charge is 0.323 e. The highest BCUT2D eigenvalue weighted by Crippen LogP contribution is 2.35. The van der Waals surface area contributed by atoms with Gasteiger partial charge in [-0.15, -0.1) is 0 Å². The van der Waals surface area contributed by atoms with Crippen LogP contribution >= 0.6 is 0 Å². The minimum absolute atomic E-state index is 0.0187. The van der Waals surface area contributed by atoms with E-state index in [1.807, 2.05) is 0 Å². The molecule has 0 radical (unpaired) electrons. The van der Waals surface area contributed by atoms with Crippen molar-refractivity contribution in [1.29, 1.82) is 0 Å². The molecule has 1 heterocycles. The number of hydrogen-bond acceptors (Lipinski definition) is 3. The SMILES string of the molecule is CC1CCC(C(C)C)C(OC(=O)C2NCCC2C)C1. The zero-order chi connectivity index (χ0) is 14.0. The maximum Gasteiger partial charge on any atom is 0.323 e. The standard InChI is InChI=1S/C16H29NO2/c1-10(2)13-6-5-11(3)9-14(13)19-16(18)15-12(4)7-8-17-15/h10-15,17H,5-9H2,1-4H3. The third-order valence-electron chi connectivity index (χ3n) is 5.02. The number of hydrogen-bond donors (Lipinski definition) is 1. The van der Waals surface area contributed by atoms with Gasteiger partial charge in [0.1, 0.15) is 12.1 Å². The van der Waals surface area contributed by atoms with Gasteiger partial charge in [0.2, 0.25) is 0 Å². The normalized spacial score (nSPS) is 39.5. The van der Waals surface area contributed by atoms with E-state index in [-0.39, 0.29) is 18.1 Å². The first-order chi connectivity index (χ1) is 8.99. The number of carbonyl (C=O) groups is 1. The number of rotatable bonds is 3. The molecule has 110 valence electrons. The Morgan fingerprint density at radius 2 is 1.95 bits per heavy atom. The first-order valence-electron chi connectivity index (χ1n) is 7.93. The first kappa shape index (κ1) is 14.8. The van der Waals surface area contributed by atoms with Crippen molar-refractivity contribution in [2.45, 2.75) is 65.5 Å². The average Bonchev–Trinajstić information content (AvgIpc) is 2.75. The van der Waals surface area contributed by atoms with E-state index in [2.05, 4.69) is 33.0 Å². The van der Waals surface area contributed by atoms with Gasteiger partial charge in [-0.1, -0.05) is 34.1 Å². The molecular formula is C16H29NO2. The van der Waals surface area contributed by atoms with Gasteiger partial charge in [-0.3, -0.25) is 4.79 Å². The Morgan fingerprint density at radius 1 is 1.21 bits per heavy atom. The molecule has 0 bridgehead atoms. The molecule has 0 amide bonds. The predicted octanol–water partition coefficient (Wildman–Crippen LogP) is 2.99. The molecule has 3 heteroatoms. The predicted molar refractivity (Wildman–Crippen MR) is 76.8 cm³/mol. The van der Waals surface area contributed by atoms with E-state index in [0.717, 1.165) is 19.4 Å². The molecule has 0 aromatic rings. The quantitative estimate of drug-likeness (QED) is 0.799. The lowest BCUT2D eigenvalue weighted by molar-refractivity contribution is -0.159. The molecule has 0 spiro atoms. The summed E-state index contributed by atoms with van der Waals surface area (Å²) in [4.78, 5) is 12.3. The van der Waals surface area contributed by atoms with E-state index >= 15 is 0 Å². The molecular weight excluding hydrogens is 238 g/mol. The molecule has 1 aliphatic heterocycles. The van der Waals surface area contributed by atoms with Crippen LogP contribution in [0.4, 0.5) is 0 Å². The molecule has 1 saturated carbocycles. The Labute approximate surface area is 117 Å². The van der Waals surface area contributed by atoms with Gasteiger partial charge in [-0.05, 0) is 49.5 Å². The maximum atomic E-state index is 12.3. The Kier molecular flexibility index (Phi) is 4.88. The van der Waals surface area contributed by atoms with Crippen LogP contribution in [0.3, 0.4) is 0 Å². The topological polar surface area (TPSA) is 38.3 Å². The largest absolute Gasteiger partial charge is 0.461 e. The van der Waals surface area contributed by atoms with Gasteiger partial charge in [-0.25, -0.2) is 0 Å². The lowest BCUT2D eigenvalue weighted by atomic mass is 9.75. The van der Waals surface area contributed by atoms with E-state index in [1.165, 1.54) is 12.8 Å². The summed E-state index contributed by atoms with van der Waals surface area (Å²) in [5.74, 6) is 2.21. The van der Waals surface area contributed by atoms with Gasteiger partial charge in [0.25, 0.3) is 0 Å².